The summed E-state index contributed by atoms with van der Waals surface area (Å²) in [6.07, 6.45) is 4.53. The fourth-order valence-electron chi connectivity index (χ4n) is 1.75. The lowest BCUT2D eigenvalue weighted by molar-refractivity contribution is 0.730. The molecule has 2 aromatic rings. The quantitative estimate of drug-likeness (QED) is 0.896. The van der Waals surface area contributed by atoms with Crippen LogP contribution in [0.3, 0.4) is 0 Å². The van der Waals surface area contributed by atoms with Gasteiger partial charge >= 0.3 is 0 Å². The number of aromatic nitrogens is 2. The second-order valence-corrected chi connectivity index (χ2v) is 5.34. The minimum absolute atomic E-state index is 0.142. The van der Waals surface area contributed by atoms with E-state index in [1.807, 2.05) is 31.3 Å². The van der Waals surface area contributed by atoms with Crippen LogP contribution in [0.25, 0.3) is 0 Å². The van der Waals surface area contributed by atoms with E-state index in [4.69, 9.17) is 5.73 Å². The smallest absolute Gasteiger partial charge is 0.225 e. The van der Waals surface area contributed by atoms with Gasteiger partial charge in [-0.25, -0.2) is 9.97 Å². The average Bonchev–Trinajstić information content (AvgIpc) is 2.82. The topological polar surface area (TPSA) is 55.0 Å². The minimum Gasteiger partial charge on any atom is -0.340 e. The van der Waals surface area contributed by atoms with E-state index in [0.717, 1.165) is 24.5 Å². The van der Waals surface area contributed by atoms with Crippen LogP contribution in [-0.4, -0.2) is 23.1 Å². The molecule has 0 spiro atoms. The second-order valence-electron chi connectivity index (χ2n) is 4.56. The van der Waals surface area contributed by atoms with Crippen LogP contribution in [0.1, 0.15) is 18.1 Å². The molecule has 0 amide bonds. The van der Waals surface area contributed by atoms with E-state index >= 15 is 0 Å². The summed E-state index contributed by atoms with van der Waals surface area (Å²) >= 11 is 1.70. The van der Waals surface area contributed by atoms with Crippen molar-refractivity contribution in [1.82, 2.24) is 9.97 Å². The van der Waals surface area contributed by atoms with Gasteiger partial charge in [0.25, 0.3) is 0 Å². The van der Waals surface area contributed by atoms with E-state index in [0.29, 0.717) is 0 Å². The maximum atomic E-state index is 5.75. The van der Waals surface area contributed by atoms with E-state index in [2.05, 4.69) is 26.8 Å². The van der Waals surface area contributed by atoms with Gasteiger partial charge in [-0.05, 0) is 41.3 Å². The lowest BCUT2D eigenvalue weighted by atomic mass is 10.1. The molecule has 0 radical (unpaired) electrons. The summed E-state index contributed by atoms with van der Waals surface area (Å²) in [6, 6.07) is 2.26. The van der Waals surface area contributed by atoms with Crippen LogP contribution in [0.5, 0.6) is 0 Å². The van der Waals surface area contributed by atoms with Crippen molar-refractivity contribution in [3.8, 4) is 0 Å². The van der Waals surface area contributed by atoms with Crippen LogP contribution in [0, 0.1) is 0 Å². The molecule has 0 saturated heterocycles. The molecule has 1 unspecified atom stereocenters. The highest BCUT2D eigenvalue weighted by Gasteiger charge is 2.06. The van der Waals surface area contributed by atoms with Gasteiger partial charge in [0.15, 0.2) is 0 Å². The second kappa shape index (κ2) is 5.93. The third kappa shape index (κ3) is 3.51. The van der Waals surface area contributed by atoms with Gasteiger partial charge in [0.05, 0.1) is 0 Å². The lowest BCUT2D eigenvalue weighted by Gasteiger charge is -2.16. The first-order valence-corrected chi connectivity index (χ1v) is 6.88. The summed E-state index contributed by atoms with van der Waals surface area (Å²) in [6.45, 7) is 2.81. The molecule has 0 aliphatic carbocycles. The van der Waals surface area contributed by atoms with E-state index in [9.17, 15) is 0 Å². The summed E-state index contributed by atoms with van der Waals surface area (Å²) in [5.41, 5.74) is 8.11. The monoisotopic (exact) mass is 262 g/mol. The molecule has 2 aromatic heterocycles. The van der Waals surface area contributed by atoms with Crippen molar-refractivity contribution in [1.29, 1.82) is 0 Å². The summed E-state index contributed by atoms with van der Waals surface area (Å²) in [5, 5.41) is 4.22. The van der Waals surface area contributed by atoms with E-state index in [1.54, 1.807) is 11.3 Å². The number of rotatable bonds is 5. The predicted molar refractivity (Wildman–Crippen MR) is 75.8 cm³/mol. The molecule has 0 aliphatic rings. The van der Waals surface area contributed by atoms with Crippen molar-refractivity contribution in [2.45, 2.75) is 25.9 Å². The van der Waals surface area contributed by atoms with Gasteiger partial charge < -0.3 is 10.6 Å². The van der Waals surface area contributed by atoms with Gasteiger partial charge in [0.2, 0.25) is 5.95 Å². The first-order valence-electron chi connectivity index (χ1n) is 5.94. The van der Waals surface area contributed by atoms with E-state index < -0.39 is 0 Å². The van der Waals surface area contributed by atoms with Crippen molar-refractivity contribution in [2.24, 2.45) is 5.73 Å². The Morgan fingerprint density at radius 3 is 2.61 bits per heavy atom. The summed E-state index contributed by atoms with van der Waals surface area (Å²) in [7, 11) is 2.00. The third-order valence-corrected chi connectivity index (χ3v) is 3.32. The predicted octanol–water partition coefficient (Wildman–Crippen LogP) is 2.06. The lowest BCUT2D eigenvalue weighted by Crippen LogP contribution is -2.20. The first-order chi connectivity index (χ1) is 8.65. The van der Waals surface area contributed by atoms with Crippen molar-refractivity contribution >= 4 is 17.3 Å². The maximum Gasteiger partial charge on any atom is 0.225 e. The highest BCUT2D eigenvalue weighted by molar-refractivity contribution is 7.07. The largest absolute Gasteiger partial charge is 0.340 e. The Hall–Kier alpha value is -1.46. The van der Waals surface area contributed by atoms with Gasteiger partial charge in [0.1, 0.15) is 0 Å². The number of nitrogens with zero attached hydrogens (tertiary/aromatic N) is 3. The number of thiophene rings is 1. The third-order valence-electron chi connectivity index (χ3n) is 2.59. The molecule has 2 rings (SSSR count). The van der Waals surface area contributed by atoms with Gasteiger partial charge in [-0.2, -0.15) is 11.3 Å². The van der Waals surface area contributed by atoms with Gasteiger partial charge in [-0.3, -0.25) is 0 Å². The Labute approximate surface area is 111 Å². The molecular formula is C13H18N4S. The number of hydrogen-bond donors (Lipinski definition) is 1. The summed E-state index contributed by atoms with van der Waals surface area (Å²) in [4.78, 5) is 10.8. The summed E-state index contributed by atoms with van der Waals surface area (Å²) < 4.78 is 0. The van der Waals surface area contributed by atoms with Crippen LogP contribution >= 0.6 is 11.3 Å². The Morgan fingerprint density at radius 1 is 1.33 bits per heavy atom. The summed E-state index contributed by atoms with van der Waals surface area (Å²) in [5.74, 6) is 0.745. The van der Waals surface area contributed by atoms with Crippen molar-refractivity contribution in [3.05, 3.63) is 40.3 Å². The molecule has 0 fully saturated rings. The Bertz CT molecular complexity index is 464. The maximum absolute atomic E-state index is 5.75. The van der Waals surface area contributed by atoms with E-state index in [-0.39, 0.29) is 6.04 Å². The van der Waals surface area contributed by atoms with Crippen molar-refractivity contribution in [3.63, 3.8) is 0 Å². The van der Waals surface area contributed by atoms with Crippen molar-refractivity contribution in [2.75, 3.05) is 11.9 Å². The van der Waals surface area contributed by atoms with Crippen LogP contribution in [0.2, 0.25) is 0 Å². The standard InChI is InChI=1S/C13H18N4S/c1-10(14)5-12-6-15-13(16-7-12)17(2)8-11-3-4-18-9-11/h3-4,6-7,9-10H,5,8,14H2,1-2H3. The average molecular weight is 262 g/mol. The molecule has 96 valence electrons. The molecule has 4 nitrogen and oxygen atoms in total. The highest BCUT2D eigenvalue weighted by Crippen LogP contribution is 2.12. The van der Waals surface area contributed by atoms with Crippen molar-refractivity contribution < 1.29 is 0 Å². The normalized spacial score (nSPS) is 12.4. The fourth-order valence-corrected chi connectivity index (χ4v) is 2.41. The zero-order valence-corrected chi connectivity index (χ0v) is 11.5. The first kappa shape index (κ1) is 13.0. The number of anilines is 1. The van der Waals surface area contributed by atoms with Crippen LogP contribution in [-0.2, 0) is 13.0 Å². The Kier molecular flexibility index (Phi) is 4.28. The van der Waals surface area contributed by atoms with E-state index in [1.165, 1.54) is 5.56 Å². The van der Waals surface area contributed by atoms with Gasteiger partial charge in [-0.1, -0.05) is 0 Å². The van der Waals surface area contributed by atoms with Crippen LogP contribution < -0.4 is 10.6 Å². The molecule has 2 heterocycles. The van der Waals surface area contributed by atoms with Gasteiger partial charge in [-0.15, -0.1) is 0 Å². The molecule has 0 bridgehead atoms. The highest BCUT2D eigenvalue weighted by atomic mass is 32.1. The molecule has 0 saturated carbocycles. The minimum atomic E-state index is 0.142. The molecule has 0 aliphatic heterocycles. The Balaban J connectivity index is 2.00. The zero-order valence-electron chi connectivity index (χ0n) is 10.7. The Morgan fingerprint density at radius 2 is 2.06 bits per heavy atom. The van der Waals surface area contributed by atoms with Crippen LogP contribution in [0.4, 0.5) is 5.95 Å². The molecule has 2 N–H and O–H groups in total. The molecule has 1 atom stereocenters. The van der Waals surface area contributed by atoms with Crippen LogP contribution in [0.15, 0.2) is 29.2 Å². The number of hydrogen-bond acceptors (Lipinski definition) is 5. The fraction of sp³-hybridized carbons (Fsp3) is 0.385. The van der Waals surface area contributed by atoms with Gasteiger partial charge in [0, 0.05) is 32.0 Å². The number of nitrogens with two attached hydrogens (primary N) is 1. The molecular weight excluding hydrogens is 244 g/mol. The molecule has 0 aromatic carbocycles. The molecule has 5 heteroatoms. The molecule has 18 heavy (non-hydrogen) atoms. The zero-order chi connectivity index (χ0) is 13.0. The SMILES string of the molecule is CC(N)Cc1cnc(N(C)Cc2ccsc2)nc1.